The van der Waals surface area contributed by atoms with Crippen LogP contribution in [0.2, 0.25) is 0 Å². The molecule has 0 aliphatic heterocycles. The van der Waals surface area contributed by atoms with Gasteiger partial charge in [0.05, 0.1) is 11.1 Å². The van der Waals surface area contributed by atoms with Gasteiger partial charge in [0.15, 0.2) is 0 Å². The minimum atomic E-state index is 0.188. The van der Waals surface area contributed by atoms with Crippen molar-refractivity contribution in [1.29, 1.82) is 5.26 Å². The lowest BCUT2D eigenvalue weighted by molar-refractivity contribution is 0.178. The van der Waals surface area contributed by atoms with Crippen molar-refractivity contribution in [2.75, 3.05) is 11.9 Å². The highest BCUT2D eigenvalue weighted by Gasteiger charge is 2.25. The Morgan fingerprint density at radius 3 is 2.90 bits per heavy atom. The second-order valence-electron chi connectivity index (χ2n) is 5.67. The molecule has 108 valence electrons. The smallest absolute Gasteiger partial charge is 0.144 e. The molecule has 2 atom stereocenters. The van der Waals surface area contributed by atoms with Crippen LogP contribution in [-0.2, 0) is 0 Å². The highest BCUT2D eigenvalue weighted by molar-refractivity contribution is 5.82. The number of nitrogens with one attached hydrogen (secondary N) is 1. The molecule has 1 aliphatic rings. The molecule has 3 rings (SSSR count). The molecule has 0 amide bonds. The van der Waals surface area contributed by atoms with Crippen LogP contribution in [0.3, 0.4) is 0 Å². The summed E-state index contributed by atoms with van der Waals surface area (Å²) < 4.78 is 0. The van der Waals surface area contributed by atoms with Crippen molar-refractivity contribution in [2.24, 2.45) is 5.92 Å². The Bertz CT molecular complexity index is 677. The van der Waals surface area contributed by atoms with E-state index in [1.165, 1.54) is 6.42 Å². The first kappa shape index (κ1) is 13.8. The van der Waals surface area contributed by atoms with Crippen LogP contribution in [0.5, 0.6) is 0 Å². The number of aliphatic hydroxyl groups excluding tert-OH is 1. The molecule has 2 aromatic rings. The van der Waals surface area contributed by atoms with Gasteiger partial charge in [-0.15, -0.1) is 0 Å². The minimum Gasteiger partial charge on any atom is -0.396 e. The fourth-order valence-corrected chi connectivity index (χ4v) is 3.10. The van der Waals surface area contributed by atoms with Gasteiger partial charge in [-0.25, -0.2) is 4.98 Å². The summed E-state index contributed by atoms with van der Waals surface area (Å²) in [5.74, 6) is 0.889. The molecule has 4 nitrogen and oxygen atoms in total. The number of hydrogen-bond donors (Lipinski definition) is 2. The van der Waals surface area contributed by atoms with Crippen molar-refractivity contribution in [1.82, 2.24) is 4.98 Å². The Hall–Kier alpha value is -2.12. The van der Waals surface area contributed by atoms with Crippen LogP contribution in [0.1, 0.15) is 31.2 Å². The van der Waals surface area contributed by atoms with Gasteiger partial charge in [-0.1, -0.05) is 31.0 Å². The standard InChI is InChI=1S/C17H19N3O/c18-10-14-9-12-5-1-3-7-15(12)19-17(14)20-16-8-4-2-6-13(16)11-21/h1,3,5,7,9,13,16,21H,2,4,6,8,11H2,(H,19,20). The number of benzene rings is 1. The van der Waals surface area contributed by atoms with Crippen LogP contribution in [0, 0.1) is 17.2 Å². The van der Waals surface area contributed by atoms with E-state index in [-0.39, 0.29) is 18.6 Å². The molecule has 1 aromatic carbocycles. The summed E-state index contributed by atoms with van der Waals surface area (Å²) in [4.78, 5) is 4.59. The minimum absolute atomic E-state index is 0.188. The molecular formula is C17H19N3O. The monoisotopic (exact) mass is 281 g/mol. The first-order valence-electron chi connectivity index (χ1n) is 7.49. The highest BCUT2D eigenvalue weighted by Crippen LogP contribution is 2.28. The fourth-order valence-electron chi connectivity index (χ4n) is 3.10. The molecule has 2 N–H and O–H groups in total. The Morgan fingerprint density at radius 1 is 1.29 bits per heavy atom. The quantitative estimate of drug-likeness (QED) is 0.907. The number of nitrogens with zero attached hydrogens (tertiary/aromatic N) is 2. The van der Waals surface area contributed by atoms with Crippen molar-refractivity contribution < 1.29 is 5.11 Å². The number of anilines is 1. The molecule has 1 saturated carbocycles. The van der Waals surface area contributed by atoms with Crippen molar-refractivity contribution in [3.8, 4) is 6.07 Å². The van der Waals surface area contributed by atoms with Gasteiger partial charge in [-0.3, -0.25) is 0 Å². The van der Waals surface area contributed by atoms with Crippen LogP contribution < -0.4 is 5.32 Å². The molecular weight excluding hydrogens is 262 g/mol. The number of fused-ring (bicyclic) bond motifs is 1. The number of aliphatic hydroxyl groups is 1. The zero-order valence-corrected chi connectivity index (χ0v) is 11.9. The van der Waals surface area contributed by atoms with Crippen molar-refractivity contribution in [3.63, 3.8) is 0 Å². The molecule has 0 saturated heterocycles. The summed E-state index contributed by atoms with van der Waals surface area (Å²) >= 11 is 0. The summed E-state index contributed by atoms with van der Waals surface area (Å²) in [6, 6.07) is 12.1. The second kappa shape index (κ2) is 6.11. The highest BCUT2D eigenvalue weighted by atomic mass is 16.3. The number of nitriles is 1. The van der Waals surface area contributed by atoms with E-state index in [1.807, 2.05) is 30.3 Å². The van der Waals surface area contributed by atoms with Gasteiger partial charge < -0.3 is 10.4 Å². The summed E-state index contributed by atoms with van der Waals surface area (Å²) in [6.07, 6.45) is 4.37. The maximum Gasteiger partial charge on any atom is 0.144 e. The van der Waals surface area contributed by atoms with Crippen LogP contribution in [-0.4, -0.2) is 22.7 Å². The molecule has 0 spiro atoms. The van der Waals surface area contributed by atoms with Crippen LogP contribution in [0.4, 0.5) is 5.82 Å². The van der Waals surface area contributed by atoms with Gasteiger partial charge in [0.1, 0.15) is 11.9 Å². The molecule has 0 radical (unpaired) electrons. The second-order valence-corrected chi connectivity index (χ2v) is 5.67. The first-order valence-corrected chi connectivity index (χ1v) is 7.49. The molecule has 4 heteroatoms. The zero-order chi connectivity index (χ0) is 14.7. The van der Waals surface area contributed by atoms with Crippen LogP contribution in [0.25, 0.3) is 10.9 Å². The lowest BCUT2D eigenvalue weighted by atomic mass is 9.85. The third-order valence-electron chi connectivity index (χ3n) is 4.31. The van der Waals surface area contributed by atoms with E-state index in [1.54, 1.807) is 0 Å². The van der Waals surface area contributed by atoms with Crippen LogP contribution in [0.15, 0.2) is 30.3 Å². The normalized spacial score (nSPS) is 21.9. The van der Waals surface area contributed by atoms with Crippen LogP contribution >= 0.6 is 0 Å². The third-order valence-corrected chi connectivity index (χ3v) is 4.31. The third kappa shape index (κ3) is 2.84. The molecule has 1 aliphatic carbocycles. The van der Waals surface area contributed by atoms with E-state index in [2.05, 4.69) is 16.4 Å². The average Bonchev–Trinajstić information content (AvgIpc) is 2.54. The predicted molar refractivity (Wildman–Crippen MR) is 82.9 cm³/mol. The Morgan fingerprint density at radius 2 is 2.10 bits per heavy atom. The summed E-state index contributed by atoms with van der Waals surface area (Å²) in [6.45, 7) is 0.188. The predicted octanol–water partition coefficient (Wildman–Crippen LogP) is 3.07. The number of para-hydroxylation sites is 1. The maximum absolute atomic E-state index is 9.51. The van der Waals surface area contributed by atoms with Gasteiger partial charge >= 0.3 is 0 Å². The molecule has 1 heterocycles. The number of aromatic nitrogens is 1. The molecule has 0 bridgehead atoms. The average molecular weight is 281 g/mol. The fraction of sp³-hybridized carbons (Fsp3) is 0.412. The lowest BCUT2D eigenvalue weighted by Gasteiger charge is -2.31. The topological polar surface area (TPSA) is 68.9 Å². The number of hydrogen-bond acceptors (Lipinski definition) is 4. The van der Waals surface area contributed by atoms with Gasteiger partial charge in [-0.2, -0.15) is 5.26 Å². The van der Waals surface area contributed by atoms with Crippen molar-refractivity contribution in [3.05, 3.63) is 35.9 Å². The van der Waals surface area contributed by atoms with Gasteiger partial charge in [-0.05, 0) is 25.0 Å². The molecule has 2 unspecified atom stereocenters. The van der Waals surface area contributed by atoms with Gasteiger partial charge in [0, 0.05) is 24.0 Å². The van der Waals surface area contributed by atoms with E-state index >= 15 is 0 Å². The van der Waals surface area contributed by atoms with E-state index < -0.39 is 0 Å². The zero-order valence-electron chi connectivity index (χ0n) is 11.9. The Labute approximate surface area is 124 Å². The summed E-state index contributed by atoms with van der Waals surface area (Å²) in [5.41, 5.74) is 1.45. The molecule has 1 aromatic heterocycles. The first-order chi connectivity index (χ1) is 10.3. The summed E-state index contributed by atoms with van der Waals surface area (Å²) in [7, 11) is 0. The van der Waals surface area contributed by atoms with Crippen molar-refractivity contribution in [2.45, 2.75) is 31.7 Å². The van der Waals surface area contributed by atoms with E-state index in [0.29, 0.717) is 11.4 Å². The Kier molecular flexibility index (Phi) is 4.03. The number of rotatable bonds is 3. The number of pyridine rings is 1. The largest absolute Gasteiger partial charge is 0.396 e. The van der Waals surface area contributed by atoms with E-state index in [4.69, 9.17) is 0 Å². The maximum atomic E-state index is 9.51. The van der Waals surface area contributed by atoms with E-state index in [9.17, 15) is 10.4 Å². The lowest BCUT2D eigenvalue weighted by Crippen LogP contribution is -2.34. The van der Waals surface area contributed by atoms with Crippen molar-refractivity contribution >= 4 is 16.7 Å². The summed E-state index contributed by atoms with van der Waals surface area (Å²) in [5, 5.41) is 23.2. The molecule has 21 heavy (non-hydrogen) atoms. The van der Waals surface area contributed by atoms with E-state index in [0.717, 1.165) is 30.2 Å². The van der Waals surface area contributed by atoms with Gasteiger partial charge in [0.2, 0.25) is 0 Å². The van der Waals surface area contributed by atoms with Gasteiger partial charge in [0.25, 0.3) is 0 Å². The molecule has 1 fully saturated rings. The Balaban J connectivity index is 1.93. The SMILES string of the molecule is N#Cc1cc2ccccc2nc1NC1CCCCC1CO.